The summed E-state index contributed by atoms with van der Waals surface area (Å²) in [4.78, 5) is 30.7. The maximum atomic E-state index is 13.1. The summed E-state index contributed by atoms with van der Waals surface area (Å²) in [5.74, 6) is 1.95. The number of nitrogens with zero attached hydrogens (tertiary/aromatic N) is 3. The lowest BCUT2D eigenvalue weighted by atomic mass is 10.1. The summed E-state index contributed by atoms with van der Waals surface area (Å²) in [5, 5.41) is 5.66. The van der Waals surface area contributed by atoms with Crippen LogP contribution in [0.2, 0.25) is 0 Å². The third kappa shape index (κ3) is 3.13. The van der Waals surface area contributed by atoms with Gasteiger partial charge >= 0.3 is 0 Å². The first-order chi connectivity index (χ1) is 13.7. The molecule has 1 aromatic carbocycles. The number of nitrogens with one attached hydrogen (secondary N) is 1. The Morgan fingerprint density at radius 2 is 2.21 bits per heavy atom. The number of thioether (sulfide) groups is 1. The monoisotopic (exact) mass is 394 g/mol. The smallest absolute Gasteiger partial charge is 0.267 e. The second kappa shape index (κ2) is 7.13. The van der Waals surface area contributed by atoms with Gasteiger partial charge in [0.25, 0.3) is 11.5 Å². The molecule has 144 valence electrons. The van der Waals surface area contributed by atoms with Crippen LogP contribution in [0.15, 0.2) is 41.3 Å². The third-order valence-electron chi connectivity index (χ3n) is 5.73. The molecule has 4 heterocycles. The number of hydrogen-bond donors (Lipinski definition) is 1. The van der Waals surface area contributed by atoms with Crippen molar-refractivity contribution in [1.29, 1.82) is 0 Å². The number of aromatic nitrogens is 3. The number of rotatable bonds is 3. The van der Waals surface area contributed by atoms with Gasteiger partial charge < -0.3 is 9.88 Å². The van der Waals surface area contributed by atoms with E-state index >= 15 is 0 Å². The van der Waals surface area contributed by atoms with E-state index in [1.54, 1.807) is 10.7 Å². The van der Waals surface area contributed by atoms with E-state index in [2.05, 4.69) is 10.1 Å². The minimum absolute atomic E-state index is 0.00985. The molecule has 1 amide bonds. The summed E-state index contributed by atoms with van der Waals surface area (Å²) in [5.41, 5.74) is 3.76. The second-order valence-corrected chi connectivity index (χ2v) is 8.62. The van der Waals surface area contributed by atoms with Gasteiger partial charge in [0.2, 0.25) is 0 Å². The van der Waals surface area contributed by atoms with E-state index in [1.807, 2.05) is 47.1 Å². The summed E-state index contributed by atoms with van der Waals surface area (Å²) < 4.78 is 1.57. The average molecular weight is 395 g/mol. The van der Waals surface area contributed by atoms with Gasteiger partial charge in [-0.05, 0) is 48.4 Å². The van der Waals surface area contributed by atoms with Crippen LogP contribution in [0.1, 0.15) is 34.5 Å². The fraction of sp³-hybridized carbons (Fsp3) is 0.381. The minimum atomic E-state index is -0.0608. The average Bonchev–Trinajstić information content (AvgIpc) is 3.36. The van der Waals surface area contributed by atoms with E-state index in [9.17, 15) is 9.59 Å². The molecule has 28 heavy (non-hydrogen) atoms. The van der Waals surface area contributed by atoms with Crippen LogP contribution in [0.25, 0.3) is 10.9 Å². The van der Waals surface area contributed by atoms with Crippen molar-refractivity contribution in [2.75, 3.05) is 12.3 Å². The molecule has 2 aliphatic rings. The van der Waals surface area contributed by atoms with Crippen molar-refractivity contribution in [2.45, 2.75) is 37.6 Å². The molecule has 1 fully saturated rings. The summed E-state index contributed by atoms with van der Waals surface area (Å²) >= 11 is 1.85. The van der Waals surface area contributed by atoms with Gasteiger partial charge in [-0.15, -0.1) is 0 Å². The fourth-order valence-corrected chi connectivity index (χ4v) is 5.18. The molecule has 0 saturated carbocycles. The van der Waals surface area contributed by atoms with E-state index in [1.165, 1.54) is 0 Å². The molecule has 1 unspecified atom stereocenters. The van der Waals surface area contributed by atoms with Gasteiger partial charge in [0, 0.05) is 47.4 Å². The maximum absolute atomic E-state index is 13.1. The minimum Gasteiger partial charge on any atom is -0.361 e. The molecule has 1 saturated heterocycles. The first kappa shape index (κ1) is 17.6. The van der Waals surface area contributed by atoms with Crippen LogP contribution in [0, 0.1) is 0 Å². The normalized spacial score (nSPS) is 19.1. The van der Waals surface area contributed by atoms with E-state index in [0.29, 0.717) is 12.1 Å². The van der Waals surface area contributed by atoms with Crippen molar-refractivity contribution < 1.29 is 4.79 Å². The van der Waals surface area contributed by atoms with Gasteiger partial charge in [0.1, 0.15) is 0 Å². The Hall–Kier alpha value is -2.54. The zero-order valence-corrected chi connectivity index (χ0v) is 16.4. The van der Waals surface area contributed by atoms with Crippen LogP contribution >= 0.6 is 11.8 Å². The Kier molecular flexibility index (Phi) is 4.47. The van der Waals surface area contributed by atoms with Crippen molar-refractivity contribution in [2.24, 2.45) is 0 Å². The number of hydrogen-bond acceptors (Lipinski definition) is 4. The maximum Gasteiger partial charge on any atom is 0.267 e. The molecule has 0 spiro atoms. The molecular formula is C21H22N4O2S. The molecule has 1 N–H and O–H groups in total. The molecular weight excluding hydrogens is 372 g/mol. The lowest BCUT2D eigenvalue weighted by Crippen LogP contribution is -2.41. The van der Waals surface area contributed by atoms with Crippen molar-refractivity contribution in [3.05, 3.63) is 63.7 Å². The van der Waals surface area contributed by atoms with Crippen molar-refractivity contribution >= 4 is 28.6 Å². The molecule has 0 radical (unpaired) electrons. The van der Waals surface area contributed by atoms with Crippen molar-refractivity contribution in [3.63, 3.8) is 0 Å². The first-order valence-corrected chi connectivity index (χ1v) is 10.9. The van der Waals surface area contributed by atoms with E-state index in [0.717, 1.165) is 59.5 Å². The number of aryl methyl sites for hydroxylation is 1. The highest BCUT2D eigenvalue weighted by atomic mass is 32.2. The molecule has 0 bridgehead atoms. The van der Waals surface area contributed by atoms with E-state index in [4.69, 9.17) is 0 Å². The SMILES string of the molecule is O=C(c1ccc2[nH]ccc2c1)N1CCCC1Cn1nc2c(cc1=O)CSCC2. The highest BCUT2D eigenvalue weighted by Gasteiger charge is 2.30. The van der Waals surface area contributed by atoms with Gasteiger partial charge in [-0.3, -0.25) is 9.59 Å². The molecule has 2 aliphatic heterocycles. The quantitative estimate of drug-likeness (QED) is 0.742. The van der Waals surface area contributed by atoms with Crippen LogP contribution in [0.5, 0.6) is 0 Å². The first-order valence-electron chi connectivity index (χ1n) is 9.75. The number of benzene rings is 1. The molecule has 1 atom stereocenters. The van der Waals surface area contributed by atoms with E-state index in [-0.39, 0.29) is 17.5 Å². The second-order valence-electron chi connectivity index (χ2n) is 7.51. The highest BCUT2D eigenvalue weighted by Crippen LogP contribution is 2.24. The predicted octanol–water partition coefficient (Wildman–Crippen LogP) is 2.82. The molecule has 6 nitrogen and oxygen atoms in total. The van der Waals surface area contributed by atoms with Gasteiger partial charge in [-0.25, -0.2) is 4.68 Å². The van der Waals surface area contributed by atoms with Gasteiger partial charge in [0.05, 0.1) is 18.3 Å². The lowest BCUT2D eigenvalue weighted by Gasteiger charge is -2.25. The Morgan fingerprint density at radius 1 is 1.29 bits per heavy atom. The summed E-state index contributed by atoms with van der Waals surface area (Å²) in [6.07, 6.45) is 4.65. The number of carbonyl (C=O) groups excluding carboxylic acids is 1. The topological polar surface area (TPSA) is 71.0 Å². The number of likely N-dealkylation sites (tertiary alicyclic amines) is 1. The number of aromatic amines is 1. The van der Waals surface area contributed by atoms with Crippen LogP contribution in [0.4, 0.5) is 0 Å². The van der Waals surface area contributed by atoms with Crippen LogP contribution in [0.3, 0.4) is 0 Å². The largest absolute Gasteiger partial charge is 0.361 e. The van der Waals surface area contributed by atoms with Crippen LogP contribution in [-0.2, 0) is 18.7 Å². The highest BCUT2D eigenvalue weighted by molar-refractivity contribution is 7.98. The van der Waals surface area contributed by atoms with Gasteiger partial charge in [0.15, 0.2) is 0 Å². The summed E-state index contributed by atoms with van der Waals surface area (Å²) in [6.45, 7) is 1.20. The summed E-state index contributed by atoms with van der Waals surface area (Å²) in [6, 6.07) is 9.47. The Balaban J connectivity index is 1.39. The lowest BCUT2D eigenvalue weighted by molar-refractivity contribution is 0.0720. The number of carbonyl (C=O) groups is 1. The molecule has 2 aromatic heterocycles. The number of amides is 1. The fourth-order valence-electron chi connectivity index (χ4n) is 4.23. The molecule has 5 rings (SSSR count). The third-order valence-corrected chi connectivity index (χ3v) is 6.73. The Labute approximate surface area is 166 Å². The molecule has 3 aromatic rings. The van der Waals surface area contributed by atoms with E-state index < -0.39 is 0 Å². The number of H-pyrrole nitrogens is 1. The standard InChI is InChI=1S/C21H22N4O2S/c26-20-11-16-13-28-9-6-19(16)23-25(20)12-17-2-1-8-24(17)21(27)15-3-4-18-14(10-15)5-7-22-18/h3-5,7,10-11,17,22H,1-2,6,8-9,12-13H2. The Morgan fingerprint density at radius 3 is 3.14 bits per heavy atom. The van der Waals surface area contributed by atoms with Crippen molar-refractivity contribution in [3.8, 4) is 0 Å². The van der Waals surface area contributed by atoms with Gasteiger partial charge in [-0.1, -0.05) is 0 Å². The van der Waals surface area contributed by atoms with Crippen LogP contribution < -0.4 is 5.56 Å². The predicted molar refractivity (Wildman–Crippen MR) is 111 cm³/mol. The number of fused-ring (bicyclic) bond motifs is 2. The van der Waals surface area contributed by atoms with Gasteiger partial charge in [-0.2, -0.15) is 16.9 Å². The molecule has 0 aliphatic carbocycles. The molecule has 7 heteroatoms. The zero-order valence-electron chi connectivity index (χ0n) is 15.6. The van der Waals surface area contributed by atoms with Crippen LogP contribution in [-0.4, -0.2) is 43.9 Å². The summed E-state index contributed by atoms with van der Waals surface area (Å²) in [7, 11) is 0. The Bertz CT molecular complexity index is 1100. The zero-order chi connectivity index (χ0) is 19.1. The van der Waals surface area contributed by atoms with Crippen molar-refractivity contribution in [1.82, 2.24) is 19.7 Å².